The van der Waals surface area contributed by atoms with Crippen molar-refractivity contribution in [1.29, 1.82) is 0 Å². The minimum absolute atomic E-state index is 0.0203. The van der Waals surface area contributed by atoms with Crippen LogP contribution in [-0.2, 0) is 19.6 Å². The molecule has 2 amide bonds. The maximum atomic E-state index is 13.0. The first kappa shape index (κ1) is 21.3. The average molecular weight is 399 g/mol. The summed E-state index contributed by atoms with van der Waals surface area (Å²) < 4.78 is 39.0. The van der Waals surface area contributed by atoms with Gasteiger partial charge in [0.2, 0.25) is 21.8 Å². The Labute approximate surface area is 159 Å². The molecule has 0 radical (unpaired) electrons. The van der Waals surface area contributed by atoms with Crippen molar-refractivity contribution in [2.24, 2.45) is 0 Å². The van der Waals surface area contributed by atoms with Gasteiger partial charge in [0.15, 0.2) is 0 Å². The fourth-order valence-electron chi connectivity index (χ4n) is 3.13. The Morgan fingerprint density at radius 2 is 1.96 bits per heavy atom. The second-order valence-electron chi connectivity index (χ2n) is 6.76. The van der Waals surface area contributed by atoms with Gasteiger partial charge in [-0.3, -0.25) is 9.59 Å². The van der Waals surface area contributed by atoms with E-state index in [1.807, 2.05) is 0 Å². The van der Waals surface area contributed by atoms with E-state index in [9.17, 15) is 22.4 Å². The lowest BCUT2D eigenvalue weighted by atomic mass is 10.0. The highest BCUT2D eigenvalue weighted by Gasteiger charge is 2.25. The van der Waals surface area contributed by atoms with E-state index in [2.05, 4.69) is 5.32 Å². The molecule has 1 heterocycles. The summed E-state index contributed by atoms with van der Waals surface area (Å²) in [5, 5.41) is 2.84. The fraction of sp³-hybridized carbons (Fsp3) is 0.556. The van der Waals surface area contributed by atoms with Crippen molar-refractivity contribution in [3.8, 4) is 0 Å². The standard InChI is InChI=1S/C18H26FN3O4S/c1-14(23)20-16-5-3-12-22(13-16)18(24)6-4-11-21(2)27(25,26)17-9-7-15(19)8-10-17/h7-10,16H,3-6,11-13H2,1-2H3,(H,20,23)/t16-/m1/s1. The van der Waals surface area contributed by atoms with Gasteiger partial charge in [-0.1, -0.05) is 0 Å². The van der Waals surface area contributed by atoms with Crippen LogP contribution in [0.25, 0.3) is 0 Å². The smallest absolute Gasteiger partial charge is 0.242 e. The van der Waals surface area contributed by atoms with Crippen LogP contribution in [0.2, 0.25) is 0 Å². The summed E-state index contributed by atoms with van der Waals surface area (Å²) in [4.78, 5) is 25.3. The third kappa shape index (κ3) is 6.00. The molecule has 0 bridgehead atoms. The van der Waals surface area contributed by atoms with Crippen molar-refractivity contribution in [2.45, 2.75) is 43.5 Å². The third-order valence-corrected chi connectivity index (χ3v) is 6.44. The van der Waals surface area contributed by atoms with Gasteiger partial charge < -0.3 is 10.2 Å². The Bertz CT molecular complexity index is 767. The van der Waals surface area contributed by atoms with E-state index < -0.39 is 15.8 Å². The molecule has 0 aromatic heterocycles. The topological polar surface area (TPSA) is 86.8 Å². The molecule has 1 aromatic rings. The van der Waals surface area contributed by atoms with Gasteiger partial charge >= 0.3 is 0 Å². The molecule has 150 valence electrons. The van der Waals surface area contributed by atoms with E-state index >= 15 is 0 Å². The molecule has 7 nitrogen and oxygen atoms in total. The van der Waals surface area contributed by atoms with Gasteiger partial charge in [0.1, 0.15) is 5.82 Å². The number of nitrogens with one attached hydrogen (secondary N) is 1. The summed E-state index contributed by atoms with van der Waals surface area (Å²) >= 11 is 0. The van der Waals surface area contributed by atoms with Crippen molar-refractivity contribution < 1.29 is 22.4 Å². The number of carbonyl (C=O) groups is 2. The highest BCUT2D eigenvalue weighted by atomic mass is 32.2. The van der Waals surface area contributed by atoms with Crippen molar-refractivity contribution >= 4 is 21.8 Å². The maximum Gasteiger partial charge on any atom is 0.242 e. The number of likely N-dealkylation sites (tertiary alicyclic amines) is 1. The summed E-state index contributed by atoms with van der Waals surface area (Å²) in [7, 11) is -2.27. The molecule has 1 saturated heterocycles. The Morgan fingerprint density at radius 1 is 1.30 bits per heavy atom. The zero-order valence-electron chi connectivity index (χ0n) is 15.7. The SMILES string of the molecule is CC(=O)N[C@@H]1CCCN(C(=O)CCCN(C)S(=O)(=O)c2ccc(F)cc2)C1. The molecule has 1 aromatic carbocycles. The number of piperidine rings is 1. The monoisotopic (exact) mass is 399 g/mol. The van der Waals surface area contributed by atoms with Gasteiger partial charge in [0.05, 0.1) is 4.90 Å². The van der Waals surface area contributed by atoms with E-state index in [1.165, 1.54) is 30.4 Å². The lowest BCUT2D eigenvalue weighted by Gasteiger charge is -2.33. The van der Waals surface area contributed by atoms with Crippen molar-refractivity contribution in [3.05, 3.63) is 30.1 Å². The van der Waals surface area contributed by atoms with Crippen LogP contribution in [0.5, 0.6) is 0 Å². The summed E-state index contributed by atoms with van der Waals surface area (Å²) in [5.41, 5.74) is 0. The Kier molecular flexibility index (Phi) is 7.32. The zero-order valence-corrected chi connectivity index (χ0v) is 16.5. The van der Waals surface area contributed by atoms with Crippen LogP contribution in [0.4, 0.5) is 4.39 Å². The largest absolute Gasteiger partial charge is 0.352 e. The first-order chi connectivity index (χ1) is 12.7. The molecule has 0 spiro atoms. The van der Waals surface area contributed by atoms with E-state index in [4.69, 9.17) is 0 Å². The van der Waals surface area contributed by atoms with E-state index in [0.29, 0.717) is 19.5 Å². The van der Waals surface area contributed by atoms with Crippen LogP contribution in [0.15, 0.2) is 29.2 Å². The number of nitrogens with zero attached hydrogens (tertiary/aromatic N) is 2. The Balaban J connectivity index is 1.83. The molecular weight excluding hydrogens is 373 g/mol. The summed E-state index contributed by atoms with van der Waals surface area (Å²) in [6, 6.07) is 4.63. The quantitative estimate of drug-likeness (QED) is 0.750. The summed E-state index contributed by atoms with van der Waals surface area (Å²) in [6.45, 7) is 2.79. The molecule has 0 saturated carbocycles. The molecule has 2 rings (SSSR count). The molecular formula is C18H26FN3O4S. The van der Waals surface area contributed by atoms with Crippen LogP contribution >= 0.6 is 0 Å². The van der Waals surface area contributed by atoms with Crippen LogP contribution in [-0.4, -0.2) is 62.2 Å². The highest BCUT2D eigenvalue weighted by Crippen LogP contribution is 2.16. The maximum absolute atomic E-state index is 13.0. The van der Waals surface area contributed by atoms with Crippen molar-refractivity contribution in [3.63, 3.8) is 0 Å². The van der Waals surface area contributed by atoms with Gasteiger partial charge in [-0.15, -0.1) is 0 Å². The Morgan fingerprint density at radius 3 is 2.59 bits per heavy atom. The summed E-state index contributed by atoms with van der Waals surface area (Å²) in [5.74, 6) is -0.652. The van der Waals surface area contributed by atoms with Crippen LogP contribution in [0.3, 0.4) is 0 Å². The number of sulfonamides is 1. The van der Waals surface area contributed by atoms with Crippen molar-refractivity contribution in [1.82, 2.24) is 14.5 Å². The first-order valence-electron chi connectivity index (χ1n) is 8.97. The second-order valence-corrected chi connectivity index (χ2v) is 8.81. The predicted molar refractivity (Wildman–Crippen MR) is 98.9 cm³/mol. The van der Waals surface area contributed by atoms with Crippen LogP contribution in [0, 0.1) is 5.82 Å². The lowest BCUT2D eigenvalue weighted by Crippen LogP contribution is -2.49. The van der Waals surface area contributed by atoms with Gasteiger partial charge in [-0.25, -0.2) is 17.1 Å². The fourth-order valence-corrected chi connectivity index (χ4v) is 4.34. The minimum atomic E-state index is -3.71. The zero-order chi connectivity index (χ0) is 20.0. The number of carbonyl (C=O) groups excluding carboxylic acids is 2. The molecule has 1 N–H and O–H groups in total. The number of rotatable bonds is 7. The predicted octanol–water partition coefficient (Wildman–Crippen LogP) is 1.35. The molecule has 1 fully saturated rings. The lowest BCUT2D eigenvalue weighted by molar-refractivity contribution is -0.133. The Hall–Kier alpha value is -2.00. The van der Waals surface area contributed by atoms with Gasteiger partial charge in [-0.05, 0) is 43.5 Å². The average Bonchev–Trinajstić information content (AvgIpc) is 2.61. The van der Waals surface area contributed by atoms with E-state index in [0.717, 1.165) is 25.0 Å². The molecule has 0 unspecified atom stereocenters. The second kappa shape index (κ2) is 9.27. The number of amides is 2. The molecule has 1 atom stereocenters. The van der Waals surface area contributed by atoms with Crippen LogP contribution in [0.1, 0.15) is 32.6 Å². The molecule has 27 heavy (non-hydrogen) atoms. The van der Waals surface area contributed by atoms with Crippen LogP contribution < -0.4 is 5.32 Å². The number of hydrogen-bond acceptors (Lipinski definition) is 4. The highest BCUT2D eigenvalue weighted by molar-refractivity contribution is 7.89. The normalized spacial score (nSPS) is 17.8. The molecule has 1 aliphatic rings. The van der Waals surface area contributed by atoms with E-state index in [1.54, 1.807) is 4.90 Å². The van der Waals surface area contributed by atoms with Crippen molar-refractivity contribution in [2.75, 3.05) is 26.7 Å². The third-order valence-electron chi connectivity index (χ3n) is 4.57. The molecule has 9 heteroatoms. The van der Waals surface area contributed by atoms with Gasteiger partial charge in [-0.2, -0.15) is 0 Å². The van der Waals surface area contributed by atoms with Gasteiger partial charge in [0.25, 0.3) is 0 Å². The number of hydrogen-bond donors (Lipinski definition) is 1. The number of benzene rings is 1. The van der Waals surface area contributed by atoms with E-state index in [-0.39, 0.29) is 35.7 Å². The first-order valence-corrected chi connectivity index (χ1v) is 10.4. The summed E-state index contributed by atoms with van der Waals surface area (Å²) in [6.07, 6.45) is 2.30. The molecule has 1 aliphatic heterocycles. The number of halogens is 1. The van der Waals surface area contributed by atoms with Gasteiger partial charge in [0, 0.05) is 46.1 Å². The molecule has 0 aliphatic carbocycles. The minimum Gasteiger partial charge on any atom is -0.352 e.